The quantitative estimate of drug-likeness (QED) is 0.743. The molecule has 16 heavy (non-hydrogen) atoms. The average molecular weight is 228 g/mol. The number of hydrogen-bond acceptors (Lipinski definition) is 3. The van der Waals surface area contributed by atoms with Crippen LogP contribution in [-0.2, 0) is 9.53 Å². The van der Waals surface area contributed by atoms with Crippen molar-refractivity contribution in [3.05, 3.63) is 0 Å². The minimum atomic E-state index is -0.0174. The highest BCUT2D eigenvalue weighted by Crippen LogP contribution is 2.17. The number of nitrogens with zero attached hydrogens (tertiary/aromatic N) is 1. The van der Waals surface area contributed by atoms with Gasteiger partial charge in [-0.2, -0.15) is 0 Å². The van der Waals surface area contributed by atoms with Gasteiger partial charge in [0.2, 0.25) is 5.91 Å². The van der Waals surface area contributed by atoms with Crippen LogP contribution >= 0.6 is 0 Å². The Morgan fingerprint density at radius 1 is 1.56 bits per heavy atom. The summed E-state index contributed by atoms with van der Waals surface area (Å²) < 4.78 is 5.19. The Morgan fingerprint density at radius 2 is 2.25 bits per heavy atom. The lowest BCUT2D eigenvalue weighted by atomic mass is 10.0. The fourth-order valence-electron chi connectivity index (χ4n) is 2.23. The third-order valence-corrected chi connectivity index (χ3v) is 3.12. The first-order valence-corrected chi connectivity index (χ1v) is 6.14. The topological polar surface area (TPSA) is 41.6 Å². The van der Waals surface area contributed by atoms with Crippen LogP contribution < -0.4 is 5.32 Å². The van der Waals surface area contributed by atoms with Gasteiger partial charge in [0.15, 0.2) is 0 Å². The van der Waals surface area contributed by atoms with Gasteiger partial charge in [0.1, 0.15) is 0 Å². The molecule has 94 valence electrons. The molecule has 0 aliphatic carbocycles. The molecule has 0 radical (unpaired) electrons. The van der Waals surface area contributed by atoms with Gasteiger partial charge < -0.3 is 9.64 Å². The van der Waals surface area contributed by atoms with Gasteiger partial charge in [-0.3, -0.25) is 10.1 Å². The Morgan fingerprint density at radius 3 is 2.69 bits per heavy atom. The Labute approximate surface area is 98.3 Å². The molecule has 1 N–H and O–H groups in total. The lowest BCUT2D eigenvalue weighted by Crippen LogP contribution is -2.42. The van der Waals surface area contributed by atoms with E-state index >= 15 is 0 Å². The van der Waals surface area contributed by atoms with Crippen LogP contribution in [-0.4, -0.2) is 43.3 Å². The molecule has 2 atom stereocenters. The van der Waals surface area contributed by atoms with Crippen molar-refractivity contribution in [1.29, 1.82) is 0 Å². The maximum atomic E-state index is 12.1. The molecule has 0 aromatic rings. The Kier molecular flexibility index (Phi) is 5.22. The minimum Gasteiger partial charge on any atom is -0.383 e. The van der Waals surface area contributed by atoms with Crippen LogP contribution in [0.15, 0.2) is 0 Å². The fourth-order valence-corrected chi connectivity index (χ4v) is 2.23. The standard InChI is InChI=1S/C12H24N2O2/c1-5-6-10(7-16-4)14-8-13-11(9(2)3)12(14)15/h9-11,13H,5-8H2,1-4H3. The summed E-state index contributed by atoms with van der Waals surface area (Å²) >= 11 is 0. The number of amides is 1. The van der Waals surface area contributed by atoms with E-state index in [2.05, 4.69) is 26.1 Å². The zero-order chi connectivity index (χ0) is 12.1. The largest absolute Gasteiger partial charge is 0.383 e. The van der Waals surface area contributed by atoms with Gasteiger partial charge in [0.25, 0.3) is 0 Å². The summed E-state index contributed by atoms with van der Waals surface area (Å²) in [5.74, 6) is 0.577. The highest BCUT2D eigenvalue weighted by atomic mass is 16.5. The molecule has 1 amide bonds. The minimum absolute atomic E-state index is 0.0174. The van der Waals surface area contributed by atoms with Gasteiger partial charge in [0.05, 0.1) is 25.4 Å². The number of ether oxygens (including phenoxy) is 1. The maximum Gasteiger partial charge on any atom is 0.241 e. The van der Waals surface area contributed by atoms with Crippen LogP contribution in [0.25, 0.3) is 0 Å². The molecule has 1 rings (SSSR count). The molecule has 1 aliphatic rings. The Balaban J connectivity index is 2.62. The van der Waals surface area contributed by atoms with E-state index in [4.69, 9.17) is 4.74 Å². The van der Waals surface area contributed by atoms with E-state index in [0.717, 1.165) is 12.8 Å². The zero-order valence-electron chi connectivity index (χ0n) is 10.8. The third kappa shape index (κ3) is 2.95. The van der Waals surface area contributed by atoms with Crippen molar-refractivity contribution < 1.29 is 9.53 Å². The lowest BCUT2D eigenvalue weighted by molar-refractivity contribution is -0.132. The summed E-state index contributed by atoms with van der Waals surface area (Å²) in [6, 6.07) is 0.204. The van der Waals surface area contributed by atoms with E-state index in [-0.39, 0.29) is 18.0 Å². The Bertz CT molecular complexity index is 225. The molecule has 1 heterocycles. The van der Waals surface area contributed by atoms with Crippen molar-refractivity contribution in [3.63, 3.8) is 0 Å². The highest BCUT2D eigenvalue weighted by molar-refractivity contribution is 5.84. The van der Waals surface area contributed by atoms with Crippen LogP contribution in [0.1, 0.15) is 33.6 Å². The molecule has 0 bridgehead atoms. The van der Waals surface area contributed by atoms with Gasteiger partial charge in [-0.1, -0.05) is 27.2 Å². The smallest absolute Gasteiger partial charge is 0.241 e. The second kappa shape index (κ2) is 6.21. The first-order chi connectivity index (χ1) is 7.61. The van der Waals surface area contributed by atoms with E-state index in [1.54, 1.807) is 7.11 Å². The van der Waals surface area contributed by atoms with Crippen molar-refractivity contribution in [3.8, 4) is 0 Å². The summed E-state index contributed by atoms with van der Waals surface area (Å²) in [4.78, 5) is 14.1. The number of rotatable bonds is 6. The lowest BCUT2D eigenvalue weighted by Gasteiger charge is -2.26. The molecule has 1 aliphatic heterocycles. The van der Waals surface area contributed by atoms with E-state index in [0.29, 0.717) is 19.2 Å². The molecule has 1 saturated heterocycles. The first-order valence-electron chi connectivity index (χ1n) is 6.14. The predicted octanol–water partition coefficient (Wildman–Crippen LogP) is 1.22. The molecule has 4 nitrogen and oxygen atoms in total. The van der Waals surface area contributed by atoms with Gasteiger partial charge in [0, 0.05) is 7.11 Å². The van der Waals surface area contributed by atoms with Crippen molar-refractivity contribution in [2.45, 2.75) is 45.7 Å². The maximum absolute atomic E-state index is 12.1. The van der Waals surface area contributed by atoms with Crippen molar-refractivity contribution in [2.24, 2.45) is 5.92 Å². The molecule has 0 aromatic carbocycles. The molecule has 4 heteroatoms. The van der Waals surface area contributed by atoms with Crippen LogP contribution in [0, 0.1) is 5.92 Å². The fraction of sp³-hybridized carbons (Fsp3) is 0.917. The van der Waals surface area contributed by atoms with Gasteiger partial charge in [-0.15, -0.1) is 0 Å². The Hall–Kier alpha value is -0.610. The molecule has 1 fully saturated rings. The molecular weight excluding hydrogens is 204 g/mol. The number of carbonyl (C=O) groups is 1. The second-order valence-corrected chi connectivity index (χ2v) is 4.79. The molecule has 0 saturated carbocycles. The highest BCUT2D eigenvalue weighted by Gasteiger charge is 2.36. The monoisotopic (exact) mass is 228 g/mol. The van der Waals surface area contributed by atoms with E-state index < -0.39 is 0 Å². The normalized spacial score (nSPS) is 23.2. The second-order valence-electron chi connectivity index (χ2n) is 4.79. The molecule has 0 aromatic heterocycles. The van der Waals surface area contributed by atoms with E-state index in [1.807, 2.05) is 4.90 Å². The number of carbonyl (C=O) groups excluding carboxylic acids is 1. The van der Waals surface area contributed by atoms with Gasteiger partial charge >= 0.3 is 0 Å². The van der Waals surface area contributed by atoms with Gasteiger partial charge in [-0.05, 0) is 12.3 Å². The molecule has 0 spiro atoms. The van der Waals surface area contributed by atoms with Crippen LogP contribution in [0.5, 0.6) is 0 Å². The zero-order valence-corrected chi connectivity index (χ0v) is 10.8. The van der Waals surface area contributed by atoms with E-state index in [9.17, 15) is 4.79 Å². The average Bonchev–Trinajstić information content (AvgIpc) is 2.60. The summed E-state index contributed by atoms with van der Waals surface area (Å²) in [6.45, 7) is 7.58. The number of methoxy groups -OCH3 is 1. The number of nitrogens with one attached hydrogen (secondary N) is 1. The van der Waals surface area contributed by atoms with Crippen molar-refractivity contribution >= 4 is 5.91 Å². The summed E-state index contributed by atoms with van der Waals surface area (Å²) in [7, 11) is 1.69. The van der Waals surface area contributed by atoms with Crippen molar-refractivity contribution in [1.82, 2.24) is 10.2 Å². The van der Waals surface area contributed by atoms with Crippen LogP contribution in [0.3, 0.4) is 0 Å². The summed E-state index contributed by atoms with van der Waals surface area (Å²) in [5.41, 5.74) is 0. The van der Waals surface area contributed by atoms with Crippen molar-refractivity contribution in [2.75, 3.05) is 20.4 Å². The summed E-state index contributed by atoms with van der Waals surface area (Å²) in [5, 5.41) is 3.27. The first kappa shape index (κ1) is 13.5. The summed E-state index contributed by atoms with van der Waals surface area (Å²) in [6.07, 6.45) is 2.08. The SMILES string of the molecule is CCCC(COC)N1CNC(C(C)C)C1=O. The van der Waals surface area contributed by atoms with Crippen LogP contribution in [0.2, 0.25) is 0 Å². The van der Waals surface area contributed by atoms with E-state index in [1.165, 1.54) is 0 Å². The number of hydrogen-bond donors (Lipinski definition) is 1. The van der Waals surface area contributed by atoms with Crippen LogP contribution in [0.4, 0.5) is 0 Å². The third-order valence-electron chi connectivity index (χ3n) is 3.12. The van der Waals surface area contributed by atoms with Gasteiger partial charge in [-0.25, -0.2) is 0 Å². The molecule has 2 unspecified atom stereocenters. The molecular formula is C12H24N2O2. The predicted molar refractivity (Wildman–Crippen MR) is 64.0 cm³/mol.